The molecule has 20 heavy (non-hydrogen) atoms. The van der Waals surface area contributed by atoms with Gasteiger partial charge in [-0.05, 0) is 38.8 Å². The van der Waals surface area contributed by atoms with E-state index in [2.05, 4.69) is 20.3 Å². The predicted octanol–water partition coefficient (Wildman–Crippen LogP) is 1.11. The minimum absolute atomic E-state index is 0.125. The van der Waals surface area contributed by atoms with Gasteiger partial charge in [0.15, 0.2) is 0 Å². The lowest BCUT2D eigenvalue weighted by atomic mass is 10.1. The molecule has 1 rings (SSSR count). The van der Waals surface area contributed by atoms with E-state index >= 15 is 0 Å². The number of piperidine rings is 1. The average Bonchev–Trinajstić information content (AvgIpc) is 2.47. The summed E-state index contributed by atoms with van der Waals surface area (Å²) in [6.45, 7) is 4.50. The molecule has 0 bridgehead atoms. The summed E-state index contributed by atoms with van der Waals surface area (Å²) >= 11 is 0. The summed E-state index contributed by atoms with van der Waals surface area (Å²) in [5.41, 5.74) is 0. The van der Waals surface area contributed by atoms with E-state index in [9.17, 15) is 9.59 Å². The third-order valence-corrected chi connectivity index (χ3v) is 3.48. The standard InChI is InChI=1S/C14H27N3O3/c1-20-13(18)7-3-4-8-15-14(19)16-9-12-17-10-5-2-6-11-17/h2-12H2,1H3,(H2,15,16,19). The maximum Gasteiger partial charge on any atom is 0.314 e. The molecular formula is C14H27N3O3. The Balaban J connectivity index is 1.91. The molecule has 2 N–H and O–H groups in total. The van der Waals surface area contributed by atoms with E-state index in [1.165, 1.54) is 26.4 Å². The third kappa shape index (κ3) is 7.99. The first kappa shape index (κ1) is 16.8. The van der Waals surface area contributed by atoms with Gasteiger partial charge in [0.25, 0.3) is 0 Å². The number of likely N-dealkylation sites (tertiary alicyclic amines) is 1. The molecule has 1 aliphatic rings. The van der Waals surface area contributed by atoms with Crippen molar-refractivity contribution in [2.45, 2.75) is 38.5 Å². The van der Waals surface area contributed by atoms with Crippen LogP contribution in [0.15, 0.2) is 0 Å². The molecule has 0 aliphatic carbocycles. The lowest BCUT2D eigenvalue weighted by Gasteiger charge is -2.26. The van der Waals surface area contributed by atoms with Crippen molar-refractivity contribution in [2.75, 3.05) is 39.8 Å². The van der Waals surface area contributed by atoms with E-state index in [1.807, 2.05) is 0 Å². The molecule has 1 heterocycles. The fourth-order valence-corrected chi connectivity index (χ4v) is 2.27. The monoisotopic (exact) mass is 285 g/mol. The number of hydrogen-bond donors (Lipinski definition) is 2. The number of unbranched alkanes of at least 4 members (excludes halogenated alkanes) is 1. The molecule has 0 aromatic heterocycles. The number of carbonyl (C=O) groups is 2. The number of nitrogens with zero attached hydrogens (tertiary/aromatic N) is 1. The summed E-state index contributed by atoms with van der Waals surface area (Å²) in [7, 11) is 1.39. The highest BCUT2D eigenvalue weighted by Crippen LogP contribution is 2.07. The summed E-state index contributed by atoms with van der Waals surface area (Å²) in [5.74, 6) is -0.198. The number of rotatable bonds is 8. The number of carbonyl (C=O) groups excluding carboxylic acids is 2. The van der Waals surface area contributed by atoms with Crippen LogP contribution in [0.4, 0.5) is 4.79 Å². The molecule has 0 aromatic carbocycles. The van der Waals surface area contributed by atoms with Crippen molar-refractivity contribution in [1.82, 2.24) is 15.5 Å². The van der Waals surface area contributed by atoms with Crippen molar-refractivity contribution in [2.24, 2.45) is 0 Å². The number of methoxy groups -OCH3 is 1. The summed E-state index contributed by atoms with van der Waals surface area (Å²) < 4.78 is 4.55. The highest BCUT2D eigenvalue weighted by atomic mass is 16.5. The lowest BCUT2D eigenvalue weighted by molar-refractivity contribution is -0.140. The molecule has 1 saturated heterocycles. The Morgan fingerprint density at radius 2 is 1.75 bits per heavy atom. The average molecular weight is 285 g/mol. The van der Waals surface area contributed by atoms with Gasteiger partial charge in [-0.15, -0.1) is 0 Å². The van der Waals surface area contributed by atoms with Gasteiger partial charge in [0.05, 0.1) is 7.11 Å². The molecule has 1 fully saturated rings. The van der Waals surface area contributed by atoms with Crippen LogP contribution in [0.3, 0.4) is 0 Å². The lowest BCUT2D eigenvalue weighted by Crippen LogP contribution is -2.41. The first-order chi connectivity index (χ1) is 9.72. The first-order valence-electron chi connectivity index (χ1n) is 7.53. The largest absolute Gasteiger partial charge is 0.469 e. The van der Waals surface area contributed by atoms with E-state index in [0.717, 1.165) is 32.5 Å². The Kier molecular flexibility index (Phi) is 8.78. The van der Waals surface area contributed by atoms with Gasteiger partial charge < -0.3 is 20.3 Å². The Bertz CT molecular complexity index is 291. The van der Waals surface area contributed by atoms with Crippen LogP contribution in [-0.2, 0) is 9.53 Å². The second-order valence-electron chi connectivity index (χ2n) is 5.12. The second-order valence-corrected chi connectivity index (χ2v) is 5.12. The van der Waals surface area contributed by atoms with Gasteiger partial charge >= 0.3 is 12.0 Å². The molecule has 0 spiro atoms. The van der Waals surface area contributed by atoms with Crippen molar-refractivity contribution < 1.29 is 14.3 Å². The van der Waals surface area contributed by atoms with Crippen LogP contribution in [0.1, 0.15) is 38.5 Å². The summed E-state index contributed by atoms with van der Waals surface area (Å²) in [6, 6.07) is -0.125. The summed E-state index contributed by atoms with van der Waals surface area (Å²) in [6.07, 6.45) is 5.80. The molecule has 0 atom stereocenters. The van der Waals surface area contributed by atoms with Crippen molar-refractivity contribution in [3.05, 3.63) is 0 Å². The zero-order valence-corrected chi connectivity index (χ0v) is 12.5. The van der Waals surface area contributed by atoms with Crippen molar-refractivity contribution in [3.63, 3.8) is 0 Å². The van der Waals surface area contributed by atoms with Crippen LogP contribution in [0, 0.1) is 0 Å². The minimum Gasteiger partial charge on any atom is -0.469 e. The molecule has 116 valence electrons. The Labute approximate surface area is 121 Å². The fourth-order valence-electron chi connectivity index (χ4n) is 2.27. The maximum atomic E-state index is 11.5. The zero-order valence-electron chi connectivity index (χ0n) is 12.5. The topological polar surface area (TPSA) is 70.7 Å². The quantitative estimate of drug-likeness (QED) is 0.518. The first-order valence-corrected chi connectivity index (χ1v) is 7.53. The number of amides is 2. The van der Waals surface area contributed by atoms with E-state index in [0.29, 0.717) is 19.5 Å². The van der Waals surface area contributed by atoms with Gasteiger partial charge in [-0.3, -0.25) is 4.79 Å². The van der Waals surface area contributed by atoms with Gasteiger partial charge in [-0.25, -0.2) is 4.79 Å². The van der Waals surface area contributed by atoms with Crippen molar-refractivity contribution >= 4 is 12.0 Å². The number of hydrogen-bond acceptors (Lipinski definition) is 4. The van der Waals surface area contributed by atoms with E-state index < -0.39 is 0 Å². The van der Waals surface area contributed by atoms with Crippen molar-refractivity contribution in [1.29, 1.82) is 0 Å². The Morgan fingerprint density at radius 3 is 2.45 bits per heavy atom. The number of esters is 1. The molecule has 0 unspecified atom stereocenters. The second kappa shape index (κ2) is 10.5. The predicted molar refractivity (Wildman–Crippen MR) is 77.6 cm³/mol. The number of nitrogens with one attached hydrogen (secondary N) is 2. The maximum absolute atomic E-state index is 11.5. The van der Waals surface area contributed by atoms with Crippen LogP contribution in [0.2, 0.25) is 0 Å². The molecule has 6 heteroatoms. The van der Waals surface area contributed by atoms with Crippen LogP contribution in [0.5, 0.6) is 0 Å². The summed E-state index contributed by atoms with van der Waals surface area (Å²) in [5, 5.41) is 5.65. The van der Waals surface area contributed by atoms with Crippen LogP contribution in [0.25, 0.3) is 0 Å². The van der Waals surface area contributed by atoms with Gasteiger partial charge in [0, 0.05) is 26.1 Å². The fraction of sp³-hybridized carbons (Fsp3) is 0.857. The summed E-state index contributed by atoms with van der Waals surface area (Å²) in [4.78, 5) is 24.8. The van der Waals surface area contributed by atoms with E-state index in [-0.39, 0.29) is 12.0 Å². The molecule has 6 nitrogen and oxygen atoms in total. The molecule has 1 aliphatic heterocycles. The van der Waals surface area contributed by atoms with Gasteiger partial charge in [-0.2, -0.15) is 0 Å². The van der Waals surface area contributed by atoms with E-state index in [4.69, 9.17) is 0 Å². The molecule has 2 amide bonds. The van der Waals surface area contributed by atoms with E-state index in [1.54, 1.807) is 0 Å². The van der Waals surface area contributed by atoms with Crippen LogP contribution < -0.4 is 10.6 Å². The molecule has 0 aromatic rings. The minimum atomic E-state index is -0.198. The third-order valence-electron chi connectivity index (χ3n) is 3.48. The zero-order chi connectivity index (χ0) is 14.6. The van der Waals surface area contributed by atoms with Crippen LogP contribution in [-0.4, -0.2) is 56.7 Å². The highest BCUT2D eigenvalue weighted by molar-refractivity contribution is 5.73. The Hall–Kier alpha value is -1.30. The number of urea groups is 1. The van der Waals surface area contributed by atoms with Gasteiger partial charge in [-0.1, -0.05) is 6.42 Å². The SMILES string of the molecule is COC(=O)CCCCNC(=O)NCCN1CCCCC1. The van der Waals surface area contributed by atoms with Crippen molar-refractivity contribution in [3.8, 4) is 0 Å². The molecular weight excluding hydrogens is 258 g/mol. The highest BCUT2D eigenvalue weighted by Gasteiger charge is 2.09. The normalized spacial score (nSPS) is 15.7. The van der Waals surface area contributed by atoms with Crippen LogP contribution >= 0.6 is 0 Å². The smallest absolute Gasteiger partial charge is 0.314 e. The van der Waals surface area contributed by atoms with Gasteiger partial charge in [0.1, 0.15) is 0 Å². The number of ether oxygens (including phenoxy) is 1. The molecule has 0 saturated carbocycles. The van der Waals surface area contributed by atoms with Gasteiger partial charge in [0.2, 0.25) is 0 Å². The Morgan fingerprint density at radius 1 is 1.05 bits per heavy atom. The molecule has 0 radical (unpaired) electrons.